The number of thiazole rings is 1. The number of rotatable bonds is 11. The van der Waals surface area contributed by atoms with Crippen LogP contribution in [0.5, 0.6) is 5.75 Å². The third kappa shape index (κ3) is 5.52. The van der Waals surface area contributed by atoms with Crippen LogP contribution >= 0.6 is 18.9 Å². The molecule has 0 unspecified atom stereocenters. The Balaban J connectivity index is 1.49. The van der Waals surface area contributed by atoms with Gasteiger partial charge in [-0.25, -0.2) is 10.5 Å². The first kappa shape index (κ1) is 25.2. The molecule has 1 aromatic heterocycles. The first-order valence-electron chi connectivity index (χ1n) is 11.1. The van der Waals surface area contributed by atoms with Gasteiger partial charge in [-0.2, -0.15) is 0 Å². The molecule has 12 heteroatoms. The molecular formula is C22H29N2O8PS. The molecule has 2 aliphatic rings. The number of hydrogen-bond acceptors (Lipinski definition) is 10. The van der Waals surface area contributed by atoms with Gasteiger partial charge in [-0.1, -0.05) is 0 Å². The fourth-order valence-electron chi connectivity index (χ4n) is 3.92. The van der Waals surface area contributed by atoms with E-state index in [1.165, 1.54) is 11.3 Å². The highest BCUT2D eigenvalue weighted by Gasteiger charge is 2.34. The Hall–Kier alpha value is -1.85. The maximum absolute atomic E-state index is 12.9. The molecule has 1 saturated heterocycles. The maximum Gasteiger partial charge on any atom is 0.367 e. The lowest BCUT2D eigenvalue weighted by Gasteiger charge is -2.19. The molecule has 0 radical (unpaired) electrons. The summed E-state index contributed by atoms with van der Waals surface area (Å²) in [5, 5.41) is 0. The largest absolute Gasteiger partial charge is 0.480 e. The van der Waals surface area contributed by atoms with E-state index in [-0.39, 0.29) is 38.2 Å². The van der Waals surface area contributed by atoms with Crippen molar-refractivity contribution < 1.29 is 37.5 Å². The van der Waals surface area contributed by atoms with Gasteiger partial charge in [-0.3, -0.25) is 14.2 Å². The second-order valence-corrected chi connectivity index (χ2v) is 11.1. The third-order valence-electron chi connectivity index (χ3n) is 5.27. The van der Waals surface area contributed by atoms with Crippen molar-refractivity contribution in [3.63, 3.8) is 0 Å². The topological polar surface area (TPSA) is 114 Å². The molecule has 1 aromatic carbocycles. The van der Waals surface area contributed by atoms with Crippen LogP contribution in [0.2, 0.25) is 0 Å². The Morgan fingerprint density at radius 3 is 2.74 bits per heavy atom. The van der Waals surface area contributed by atoms with Crippen LogP contribution in [0.4, 0.5) is 0 Å². The van der Waals surface area contributed by atoms with Crippen molar-refractivity contribution in [3.05, 3.63) is 33.6 Å². The number of hydroxylamine groups is 1. The fourth-order valence-corrected chi connectivity index (χ4v) is 6.00. The van der Waals surface area contributed by atoms with Crippen molar-refractivity contribution in [2.24, 2.45) is 0 Å². The number of carbonyl (C=O) groups excluding carboxylic acids is 1. The zero-order valence-electron chi connectivity index (χ0n) is 19.6. The number of ether oxygens (including phenoxy) is 3. The van der Waals surface area contributed by atoms with E-state index in [2.05, 4.69) is 10.5 Å². The van der Waals surface area contributed by atoms with E-state index in [4.69, 9.17) is 28.1 Å². The number of carbonyl (C=O) groups is 1. The van der Waals surface area contributed by atoms with Gasteiger partial charge >= 0.3 is 7.60 Å². The first-order valence-corrected chi connectivity index (χ1v) is 13.7. The summed E-state index contributed by atoms with van der Waals surface area (Å²) >= 11 is 1.51. The predicted molar refractivity (Wildman–Crippen MR) is 125 cm³/mol. The van der Waals surface area contributed by atoms with Gasteiger partial charge in [0.2, 0.25) is 0 Å². The van der Waals surface area contributed by atoms with E-state index in [0.29, 0.717) is 29.9 Å². The minimum Gasteiger partial charge on any atom is -0.480 e. The van der Waals surface area contributed by atoms with E-state index in [1.54, 1.807) is 31.5 Å². The zero-order chi connectivity index (χ0) is 24.3. The smallest absolute Gasteiger partial charge is 0.367 e. The lowest BCUT2D eigenvalue weighted by Crippen LogP contribution is -2.31. The number of aromatic nitrogens is 1. The third-order valence-corrected chi connectivity index (χ3v) is 7.85. The average Bonchev–Trinajstić information content (AvgIpc) is 3.46. The molecule has 1 amide bonds. The van der Waals surface area contributed by atoms with E-state index in [9.17, 15) is 9.36 Å². The monoisotopic (exact) mass is 512 g/mol. The van der Waals surface area contributed by atoms with Crippen molar-refractivity contribution in [2.45, 2.75) is 46.0 Å². The molecular weight excluding hydrogens is 483 g/mol. The highest BCUT2D eigenvalue weighted by Crippen LogP contribution is 2.50. The summed E-state index contributed by atoms with van der Waals surface area (Å²) in [5.41, 5.74) is 6.94. The quantitative estimate of drug-likeness (QED) is 0.299. The van der Waals surface area contributed by atoms with Crippen LogP contribution in [0, 0.1) is 0 Å². The van der Waals surface area contributed by atoms with Crippen LogP contribution in [0.3, 0.4) is 0 Å². The molecule has 1 fully saturated rings. The van der Waals surface area contributed by atoms with Crippen LogP contribution in [0.15, 0.2) is 17.6 Å². The summed E-state index contributed by atoms with van der Waals surface area (Å²) < 4.78 is 40.6. The standard InChI is InChI=1S/C22H29N2O8PS/c1-5-30-33(26,31-6-2)13-27-17-8-7-15(16-9-18-20(19(16)17)23-12-34-18)21(25)24-29-11-14-10-28-22(3,4)32-14/h7-8,12,14H,5-6,9-11,13H2,1-4H3,(H,24,25)/t14-/m1/s1. The molecule has 1 atom stereocenters. The number of amides is 1. The molecule has 34 heavy (non-hydrogen) atoms. The summed E-state index contributed by atoms with van der Waals surface area (Å²) in [6.07, 6.45) is 0.0338. The summed E-state index contributed by atoms with van der Waals surface area (Å²) in [7, 11) is -3.41. The molecule has 0 saturated carbocycles. The Labute approximate surface area is 202 Å². The average molecular weight is 513 g/mol. The molecule has 0 bridgehead atoms. The number of nitrogens with one attached hydrogen (secondary N) is 1. The van der Waals surface area contributed by atoms with Gasteiger partial charge in [0.1, 0.15) is 18.5 Å². The van der Waals surface area contributed by atoms with Crippen molar-refractivity contribution in [1.82, 2.24) is 10.5 Å². The Morgan fingerprint density at radius 2 is 2.06 bits per heavy atom. The van der Waals surface area contributed by atoms with Crippen LogP contribution in [-0.2, 0) is 34.3 Å². The summed E-state index contributed by atoms with van der Waals surface area (Å²) in [6.45, 7) is 8.17. The fraction of sp³-hybridized carbons (Fsp3) is 0.545. The highest BCUT2D eigenvalue weighted by molar-refractivity contribution is 7.53. The molecule has 1 aliphatic heterocycles. The van der Waals surface area contributed by atoms with Gasteiger partial charge in [0.25, 0.3) is 5.91 Å². The normalized spacial score (nSPS) is 18.5. The minimum atomic E-state index is -3.41. The lowest BCUT2D eigenvalue weighted by atomic mass is 10.0. The molecule has 2 aromatic rings. The molecule has 0 spiro atoms. The van der Waals surface area contributed by atoms with Crippen molar-refractivity contribution in [1.29, 1.82) is 0 Å². The summed E-state index contributed by atoms with van der Waals surface area (Å²) in [5.74, 6) is -0.575. The number of nitrogens with zero attached hydrogens (tertiary/aromatic N) is 1. The van der Waals surface area contributed by atoms with Gasteiger partial charge in [-0.15, -0.1) is 11.3 Å². The van der Waals surface area contributed by atoms with Gasteiger partial charge in [0, 0.05) is 22.4 Å². The lowest BCUT2D eigenvalue weighted by molar-refractivity contribution is -0.147. The van der Waals surface area contributed by atoms with Crippen LogP contribution < -0.4 is 10.2 Å². The first-order chi connectivity index (χ1) is 16.3. The molecule has 1 aliphatic carbocycles. The van der Waals surface area contributed by atoms with Gasteiger partial charge < -0.3 is 23.3 Å². The van der Waals surface area contributed by atoms with Crippen LogP contribution in [0.1, 0.15) is 48.5 Å². The number of benzene rings is 1. The Morgan fingerprint density at radius 1 is 1.29 bits per heavy atom. The van der Waals surface area contributed by atoms with Gasteiger partial charge in [0.15, 0.2) is 12.1 Å². The molecule has 10 nitrogen and oxygen atoms in total. The number of hydrogen-bond donors (Lipinski definition) is 1. The van der Waals surface area contributed by atoms with E-state index >= 15 is 0 Å². The summed E-state index contributed by atoms with van der Waals surface area (Å²) in [6, 6.07) is 3.33. The van der Waals surface area contributed by atoms with Crippen molar-refractivity contribution in [3.8, 4) is 17.0 Å². The van der Waals surface area contributed by atoms with E-state index in [1.807, 2.05) is 13.8 Å². The van der Waals surface area contributed by atoms with Gasteiger partial charge in [0.05, 0.1) is 31.0 Å². The van der Waals surface area contributed by atoms with Crippen LogP contribution in [-0.4, -0.2) is 55.6 Å². The van der Waals surface area contributed by atoms with E-state index < -0.39 is 13.4 Å². The number of fused-ring (bicyclic) bond motifs is 3. The van der Waals surface area contributed by atoms with Gasteiger partial charge in [-0.05, 0) is 45.4 Å². The second kappa shape index (κ2) is 10.4. The zero-order valence-corrected chi connectivity index (χ0v) is 21.3. The second-order valence-electron chi connectivity index (χ2n) is 8.18. The molecule has 186 valence electrons. The predicted octanol–water partition coefficient (Wildman–Crippen LogP) is 4.13. The van der Waals surface area contributed by atoms with E-state index in [0.717, 1.165) is 16.1 Å². The summed E-state index contributed by atoms with van der Waals surface area (Å²) in [4.78, 5) is 23.8. The van der Waals surface area contributed by atoms with Crippen molar-refractivity contribution >= 4 is 24.8 Å². The SMILES string of the molecule is CCOP(=O)(COc1ccc(C(=O)NOC[C@H]2COC(C)(C)O2)c2c1-c1ncsc1C2)OCC. The minimum absolute atomic E-state index is 0.164. The van der Waals surface area contributed by atoms with Crippen molar-refractivity contribution in [2.75, 3.05) is 32.8 Å². The molecule has 4 rings (SSSR count). The Bertz CT molecular complexity index is 1080. The molecule has 2 heterocycles. The Kier molecular flexibility index (Phi) is 7.73. The van der Waals surface area contributed by atoms with Crippen LogP contribution in [0.25, 0.3) is 11.3 Å². The highest BCUT2D eigenvalue weighted by atomic mass is 32.1. The maximum atomic E-state index is 12.9. The molecule has 1 N–H and O–H groups in total.